The van der Waals surface area contributed by atoms with Crippen LogP contribution in [0.5, 0.6) is 0 Å². The van der Waals surface area contributed by atoms with Gasteiger partial charge in [-0.15, -0.1) is 11.8 Å². The largest absolute Gasteiger partial charge is 0.376 e. The van der Waals surface area contributed by atoms with Gasteiger partial charge in [-0.05, 0) is 19.1 Å². The molecule has 1 fully saturated rings. The van der Waals surface area contributed by atoms with E-state index in [-0.39, 0.29) is 11.4 Å². The highest BCUT2D eigenvalue weighted by Crippen LogP contribution is 2.35. The summed E-state index contributed by atoms with van der Waals surface area (Å²) >= 11 is 1.61. The zero-order chi connectivity index (χ0) is 10.7. The molecule has 0 bridgehead atoms. The normalized spacial score (nSPS) is 25.0. The van der Waals surface area contributed by atoms with E-state index in [9.17, 15) is 4.79 Å². The van der Waals surface area contributed by atoms with Crippen molar-refractivity contribution >= 4 is 17.5 Å². The van der Waals surface area contributed by atoms with Crippen LogP contribution in [-0.4, -0.2) is 23.7 Å². The SMILES string of the molecule is CCO[C@@H]1CC(=O)[C@H]1Sc1ccccc1. The molecular formula is C12H14O2S. The number of ether oxygens (including phenoxy) is 1. The average molecular weight is 222 g/mol. The molecular weight excluding hydrogens is 208 g/mol. The summed E-state index contributed by atoms with van der Waals surface area (Å²) in [4.78, 5) is 12.6. The predicted octanol–water partition coefficient (Wildman–Crippen LogP) is 2.53. The highest BCUT2D eigenvalue weighted by atomic mass is 32.2. The maximum absolute atomic E-state index is 11.4. The standard InChI is InChI=1S/C12H14O2S/c1-2-14-11-8-10(13)12(11)15-9-6-4-3-5-7-9/h3-7,11-12H,2,8H2,1H3/t11-,12-/m1/s1. The van der Waals surface area contributed by atoms with Gasteiger partial charge in [0.05, 0.1) is 11.4 Å². The first-order valence-electron chi connectivity index (χ1n) is 5.17. The van der Waals surface area contributed by atoms with E-state index in [0.717, 1.165) is 4.90 Å². The second kappa shape index (κ2) is 4.81. The molecule has 2 rings (SSSR count). The summed E-state index contributed by atoms with van der Waals surface area (Å²) in [6.45, 7) is 2.65. The van der Waals surface area contributed by atoms with Gasteiger partial charge in [-0.1, -0.05) is 18.2 Å². The molecule has 2 nitrogen and oxygen atoms in total. The van der Waals surface area contributed by atoms with Crippen LogP contribution in [0.3, 0.4) is 0 Å². The minimum atomic E-state index is 0.00681. The van der Waals surface area contributed by atoms with Crippen molar-refractivity contribution in [3.05, 3.63) is 30.3 Å². The number of benzene rings is 1. The fourth-order valence-electron chi connectivity index (χ4n) is 1.62. The Morgan fingerprint density at radius 3 is 2.73 bits per heavy atom. The van der Waals surface area contributed by atoms with Crippen molar-refractivity contribution in [2.75, 3.05) is 6.61 Å². The molecule has 0 unspecified atom stereocenters. The van der Waals surface area contributed by atoms with E-state index in [2.05, 4.69) is 0 Å². The maximum atomic E-state index is 11.4. The summed E-state index contributed by atoms with van der Waals surface area (Å²) in [5.41, 5.74) is 0. The summed E-state index contributed by atoms with van der Waals surface area (Å²) in [5.74, 6) is 0.308. The van der Waals surface area contributed by atoms with E-state index in [1.807, 2.05) is 37.3 Å². The third kappa shape index (κ3) is 2.41. The van der Waals surface area contributed by atoms with Crippen molar-refractivity contribution in [1.82, 2.24) is 0 Å². The van der Waals surface area contributed by atoms with Gasteiger partial charge < -0.3 is 4.74 Å². The van der Waals surface area contributed by atoms with Crippen LogP contribution < -0.4 is 0 Å². The number of carbonyl (C=O) groups is 1. The molecule has 0 amide bonds. The lowest BCUT2D eigenvalue weighted by Crippen LogP contribution is -2.46. The van der Waals surface area contributed by atoms with E-state index >= 15 is 0 Å². The summed E-state index contributed by atoms with van der Waals surface area (Å²) in [7, 11) is 0. The molecule has 0 saturated heterocycles. The molecule has 0 radical (unpaired) electrons. The molecule has 80 valence electrons. The van der Waals surface area contributed by atoms with Crippen molar-refractivity contribution in [3.63, 3.8) is 0 Å². The van der Waals surface area contributed by atoms with E-state index in [4.69, 9.17) is 4.74 Å². The van der Waals surface area contributed by atoms with Crippen LogP contribution >= 0.6 is 11.8 Å². The third-order valence-corrected chi connectivity index (χ3v) is 3.81. The number of rotatable bonds is 4. The second-order valence-corrected chi connectivity index (χ2v) is 4.73. The first-order valence-corrected chi connectivity index (χ1v) is 6.05. The summed E-state index contributed by atoms with van der Waals surface area (Å²) in [5, 5.41) is 0.00681. The zero-order valence-electron chi connectivity index (χ0n) is 8.68. The zero-order valence-corrected chi connectivity index (χ0v) is 9.50. The Kier molecular flexibility index (Phi) is 3.44. The van der Waals surface area contributed by atoms with Gasteiger partial charge in [0.15, 0.2) is 5.78 Å². The van der Waals surface area contributed by atoms with Crippen LogP contribution in [0.4, 0.5) is 0 Å². The summed E-state index contributed by atoms with van der Waals surface area (Å²) in [6.07, 6.45) is 0.700. The minimum absolute atomic E-state index is 0.00681. The maximum Gasteiger partial charge on any atom is 0.151 e. The van der Waals surface area contributed by atoms with Gasteiger partial charge in [0, 0.05) is 17.9 Å². The van der Waals surface area contributed by atoms with Crippen LogP contribution in [-0.2, 0) is 9.53 Å². The topological polar surface area (TPSA) is 26.3 Å². The number of hydrogen-bond acceptors (Lipinski definition) is 3. The Morgan fingerprint density at radius 2 is 2.13 bits per heavy atom. The number of hydrogen-bond donors (Lipinski definition) is 0. The Labute approximate surface area is 94.0 Å². The average Bonchev–Trinajstić information content (AvgIpc) is 2.27. The van der Waals surface area contributed by atoms with Crippen molar-refractivity contribution in [2.24, 2.45) is 0 Å². The van der Waals surface area contributed by atoms with E-state index < -0.39 is 0 Å². The van der Waals surface area contributed by atoms with Crippen LogP contribution in [0, 0.1) is 0 Å². The molecule has 0 N–H and O–H groups in total. The third-order valence-electron chi connectivity index (χ3n) is 2.44. The Hall–Kier alpha value is -0.800. The molecule has 15 heavy (non-hydrogen) atoms. The molecule has 0 spiro atoms. The number of thioether (sulfide) groups is 1. The highest BCUT2D eigenvalue weighted by molar-refractivity contribution is 8.00. The van der Waals surface area contributed by atoms with Crippen LogP contribution in [0.15, 0.2) is 35.2 Å². The smallest absolute Gasteiger partial charge is 0.151 e. The molecule has 0 aromatic heterocycles. The molecule has 1 aromatic carbocycles. The van der Waals surface area contributed by atoms with Gasteiger partial charge in [0.2, 0.25) is 0 Å². The fourth-order valence-corrected chi connectivity index (χ4v) is 2.78. The molecule has 1 aliphatic rings. The van der Waals surface area contributed by atoms with Crippen molar-refractivity contribution < 1.29 is 9.53 Å². The Morgan fingerprint density at radius 1 is 1.40 bits per heavy atom. The summed E-state index contributed by atoms with van der Waals surface area (Å²) in [6, 6.07) is 10.0. The lowest BCUT2D eigenvalue weighted by Gasteiger charge is -2.33. The van der Waals surface area contributed by atoms with E-state index in [1.54, 1.807) is 11.8 Å². The first-order chi connectivity index (χ1) is 7.31. The van der Waals surface area contributed by atoms with E-state index in [1.165, 1.54) is 0 Å². The second-order valence-electron chi connectivity index (χ2n) is 3.52. The quantitative estimate of drug-likeness (QED) is 0.783. The Balaban J connectivity index is 1.96. The van der Waals surface area contributed by atoms with Gasteiger partial charge in [-0.3, -0.25) is 4.79 Å². The molecule has 0 heterocycles. The highest BCUT2D eigenvalue weighted by Gasteiger charge is 2.40. The molecule has 1 aliphatic carbocycles. The molecule has 0 aliphatic heterocycles. The molecule has 2 atom stereocenters. The van der Waals surface area contributed by atoms with Gasteiger partial charge in [-0.2, -0.15) is 0 Å². The number of Topliss-reactive ketones (excluding diaryl/α,β-unsaturated/α-hetero) is 1. The van der Waals surface area contributed by atoms with E-state index in [0.29, 0.717) is 18.8 Å². The van der Waals surface area contributed by atoms with Crippen molar-refractivity contribution in [2.45, 2.75) is 29.6 Å². The molecule has 1 aromatic rings. The molecule has 1 saturated carbocycles. The lowest BCUT2D eigenvalue weighted by atomic mass is 9.93. The van der Waals surface area contributed by atoms with Crippen LogP contribution in [0.2, 0.25) is 0 Å². The minimum Gasteiger partial charge on any atom is -0.376 e. The van der Waals surface area contributed by atoms with Crippen LogP contribution in [0.1, 0.15) is 13.3 Å². The van der Waals surface area contributed by atoms with Crippen LogP contribution in [0.25, 0.3) is 0 Å². The van der Waals surface area contributed by atoms with Gasteiger partial charge in [0.25, 0.3) is 0 Å². The monoisotopic (exact) mass is 222 g/mol. The summed E-state index contributed by atoms with van der Waals surface area (Å²) < 4.78 is 5.49. The van der Waals surface area contributed by atoms with Gasteiger partial charge >= 0.3 is 0 Å². The predicted molar refractivity (Wildman–Crippen MR) is 61.1 cm³/mol. The number of carbonyl (C=O) groups excluding carboxylic acids is 1. The first kappa shape index (κ1) is 10.7. The molecule has 3 heteroatoms. The number of ketones is 1. The van der Waals surface area contributed by atoms with Gasteiger partial charge in [-0.25, -0.2) is 0 Å². The lowest BCUT2D eigenvalue weighted by molar-refractivity contribution is -0.132. The van der Waals surface area contributed by atoms with Crippen molar-refractivity contribution in [3.8, 4) is 0 Å². The fraction of sp³-hybridized carbons (Fsp3) is 0.417. The van der Waals surface area contributed by atoms with Crippen molar-refractivity contribution in [1.29, 1.82) is 0 Å². The Bertz CT molecular complexity index is 337. The van der Waals surface area contributed by atoms with Gasteiger partial charge in [0.1, 0.15) is 0 Å².